The van der Waals surface area contributed by atoms with E-state index in [4.69, 9.17) is 16.0 Å². The molecular weight excluding hydrogens is 292 g/mol. The van der Waals surface area contributed by atoms with Crippen molar-refractivity contribution in [1.29, 1.82) is 0 Å². The van der Waals surface area contributed by atoms with E-state index in [1.807, 2.05) is 12.1 Å². The molecule has 6 heteroatoms. The number of benzene rings is 1. The molecule has 2 atom stereocenters. The van der Waals surface area contributed by atoms with Crippen LogP contribution in [0.5, 0.6) is 0 Å². The van der Waals surface area contributed by atoms with Crippen molar-refractivity contribution >= 4 is 23.0 Å². The Kier molecular flexibility index (Phi) is 3.59. The second kappa shape index (κ2) is 5.41. The van der Waals surface area contributed by atoms with Crippen molar-refractivity contribution in [2.75, 3.05) is 5.32 Å². The lowest BCUT2D eigenvalue weighted by Gasteiger charge is -2.05. The number of furan rings is 1. The Bertz CT molecular complexity index is 683. The Morgan fingerprint density at radius 3 is 2.86 bits per heavy atom. The average Bonchev–Trinajstić information content (AvgIpc) is 3.00. The summed E-state index contributed by atoms with van der Waals surface area (Å²) in [5.74, 6) is 3.00. The molecule has 2 unspecified atom stereocenters. The summed E-state index contributed by atoms with van der Waals surface area (Å²) in [5, 5.41) is 14.4. The summed E-state index contributed by atoms with van der Waals surface area (Å²) < 4.78 is 5.77. The third-order valence-electron chi connectivity index (χ3n) is 3.77. The normalized spacial score (nSPS) is 20.3. The molecule has 21 heavy (non-hydrogen) atoms. The van der Waals surface area contributed by atoms with Crippen LogP contribution in [-0.4, -0.2) is 4.92 Å². The van der Waals surface area contributed by atoms with Gasteiger partial charge in [0.2, 0.25) is 0 Å². The quantitative estimate of drug-likeness (QED) is 0.648. The molecule has 0 radical (unpaired) electrons. The van der Waals surface area contributed by atoms with Crippen LogP contribution < -0.4 is 5.32 Å². The first-order valence-electron chi connectivity index (χ1n) is 6.81. The van der Waals surface area contributed by atoms with Crippen LogP contribution in [0.15, 0.2) is 34.7 Å². The number of nitrogens with one attached hydrogen (secondary N) is 1. The van der Waals surface area contributed by atoms with E-state index in [0.29, 0.717) is 29.1 Å². The average molecular weight is 307 g/mol. The van der Waals surface area contributed by atoms with Gasteiger partial charge in [-0.25, -0.2) is 0 Å². The van der Waals surface area contributed by atoms with Crippen molar-refractivity contribution in [3.8, 4) is 0 Å². The van der Waals surface area contributed by atoms with Gasteiger partial charge >= 0.3 is 0 Å². The molecular formula is C15H15ClN2O3. The molecule has 1 fully saturated rings. The zero-order chi connectivity index (χ0) is 15.0. The zero-order valence-electron chi connectivity index (χ0n) is 11.5. The van der Waals surface area contributed by atoms with Gasteiger partial charge in [0.25, 0.3) is 5.69 Å². The van der Waals surface area contributed by atoms with E-state index < -0.39 is 4.92 Å². The molecule has 1 saturated carbocycles. The monoisotopic (exact) mass is 306 g/mol. The van der Waals surface area contributed by atoms with Crippen molar-refractivity contribution in [3.05, 3.63) is 57.0 Å². The molecule has 1 aliphatic rings. The number of hydrogen-bond acceptors (Lipinski definition) is 4. The van der Waals surface area contributed by atoms with Crippen LogP contribution in [0, 0.1) is 16.0 Å². The molecule has 0 amide bonds. The smallest absolute Gasteiger partial charge is 0.293 e. The second-order valence-electron chi connectivity index (χ2n) is 5.40. The van der Waals surface area contributed by atoms with E-state index in [9.17, 15) is 10.1 Å². The summed E-state index contributed by atoms with van der Waals surface area (Å²) in [6, 6.07) is 8.46. The third kappa shape index (κ3) is 3.03. The van der Waals surface area contributed by atoms with E-state index >= 15 is 0 Å². The minimum Gasteiger partial charge on any atom is -0.464 e. The van der Waals surface area contributed by atoms with E-state index in [1.54, 1.807) is 12.1 Å². The second-order valence-corrected chi connectivity index (χ2v) is 5.83. The molecule has 1 aromatic heterocycles. The van der Waals surface area contributed by atoms with Crippen molar-refractivity contribution < 1.29 is 9.34 Å². The number of hydrogen-bond donors (Lipinski definition) is 1. The first kappa shape index (κ1) is 13.9. The van der Waals surface area contributed by atoms with Crippen LogP contribution in [0.3, 0.4) is 0 Å². The highest BCUT2D eigenvalue weighted by molar-refractivity contribution is 6.30. The number of halogens is 1. The third-order valence-corrected chi connectivity index (χ3v) is 4.00. The Labute approximate surface area is 127 Å². The highest BCUT2D eigenvalue weighted by Gasteiger charge is 2.36. The first-order valence-corrected chi connectivity index (χ1v) is 7.19. The van der Waals surface area contributed by atoms with Crippen LogP contribution in [0.1, 0.15) is 30.8 Å². The molecule has 2 aromatic rings. The van der Waals surface area contributed by atoms with Gasteiger partial charge in [0.1, 0.15) is 17.2 Å². The van der Waals surface area contributed by atoms with Gasteiger partial charge in [-0.1, -0.05) is 18.5 Å². The number of nitro benzene ring substituents is 1. The summed E-state index contributed by atoms with van der Waals surface area (Å²) in [7, 11) is 0. The lowest BCUT2D eigenvalue weighted by molar-refractivity contribution is -0.383. The molecule has 1 heterocycles. The highest BCUT2D eigenvalue weighted by atomic mass is 35.5. The maximum Gasteiger partial charge on any atom is 0.293 e. The van der Waals surface area contributed by atoms with Crippen molar-refractivity contribution in [3.63, 3.8) is 0 Å². The zero-order valence-corrected chi connectivity index (χ0v) is 12.3. The van der Waals surface area contributed by atoms with Crippen molar-refractivity contribution in [2.45, 2.75) is 25.8 Å². The van der Waals surface area contributed by atoms with Gasteiger partial charge in [0, 0.05) is 17.0 Å². The molecule has 0 bridgehead atoms. The van der Waals surface area contributed by atoms with Gasteiger partial charge in [0.15, 0.2) is 0 Å². The fourth-order valence-corrected chi connectivity index (χ4v) is 2.56. The van der Waals surface area contributed by atoms with E-state index in [1.165, 1.54) is 12.5 Å². The van der Waals surface area contributed by atoms with Gasteiger partial charge in [-0.2, -0.15) is 0 Å². The Morgan fingerprint density at radius 2 is 2.19 bits per heavy atom. The van der Waals surface area contributed by atoms with Crippen LogP contribution in [0.4, 0.5) is 11.4 Å². The van der Waals surface area contributed by atoms with Crippen molar-refractivity contribution in [2.24, 2.45) is 5.92 Å². The van der Waals surface area contributed by atoms with E-state index in [-0.39, 0.29) is 5.69 Å². The number of anilines is 1. The summed E-state index contributed by atoms with van der Waals surface area (Å²) in [5.41, 5.74) is 0.396. The SMILES string of the molecule is CC1CC1c1ccc(CNc2ccc(Cl)cc2[N+](=O)[O-])o1. The number of nitrogens with zero attached hydrogens (tertiary/aromatic N) is 1. The highest BCUT2D eigenvalue weighted by Crippen LogP contribution is 2.47. The van der Waals surface area contributed by atoms with Crippen molar-refractivity contribution in [1.82, 2.24) is 0 Å². The Hall–Kier alpha value is -2.01. The fraction of sp³-hybridized carbons (Fsp3) is 0.333. The summed E-state index contributed by atoms with van der Waals surface area (Å²) >= 11 is 5.79. The van der Waals surface area contributed by atoms with E-state index in [0.717, 1.165) is 11.5 Å². The van der Waals surface area contributed by atoms with E-state index in [2.05, 4.69) is 12.2 Å². The topological polar surface area (TPSA) is 68.3 Å². The molecule has 1 aromatic carbocycles. The predicted molar refractivity (Wildman–Crippen MR) is 80.7 cm³/mol. The summed E-state index contributed by atoms with van der Waals surface area (Å²) in [6.07, 6.45) is 1.17. The molecule has 3 rings (SSSR count). The van der Waals surface area contributed by atoms with Gasteiger partial charge in [-0.3, -0.25) is 10.1 Å². The maximum absolute atomic E-state index is 11.0. The molecule has 1 aliphatic carbocycles. The molecule has 5 nitrogen and oxygen atoms in total. The minimum absolute atomic E-state index is 0.0369. The lowest BCUT2D eigenvalue weighted by Crippen LogP contribution is -2.01. The summed E-state index contributed by atoms with van der Waals surface area (Å²) in [4.78, 5) is 10.6. The van der Waals surface area contributed by atoms with Crippen LogP contribution in [0.2, 0.25) is 5.02 Å². The first-order chi connectivity index (χ1) is 10.0. The lowest BCUT2D eigenvalue weighted by atomic mass is 10.2. The molecule has 0 aliphatic heterocycles. The Morgan fingerprint density at radius 1 is 1.43 bits per heavy atom. The molecule has 0 spiro atoms. The molecule has 0 saturated heterocycles. The Balaban J connectivity index is 1.70. The summed E-state index contributed by atoms with van der Waals surface area (Å²) in [6.45, 7) is 2.60. The minimum atomic E-state index is -0.451. The van der Waals surface area contributed by atoms with Gasteiger partial charge in [-0.05, 0) is 36.6 Å². The number of nitro groups is 1. The van der Waals surface area contributed by atoms with Gasteiger partial charge in [-0.15, -0.1) is 0 Å². The molecule has 110 valence electrons. The largest absolute Gasteiger partial charge is 0.464 e. The van der Waals surface area contributed by atoms with Gasteiger partial charge in [0.05, 0.1) is 11.5 Å². The predicted octanol–water partition coefficient (Wildman–Crippen LogP) is 4.58. The standard InChI is InChI=1S/C15H15ClN2O3/c1-9-6-12(9)15-5-3-11(21-15)8-17-13-4-2-10(16)7-14(13)18(19)20/h2-5,7,9,12,17H,6,8H2,1H3. The van der Waals surface area contributed by atoms with Crippen LogP contribution >= 0.6 is 11.6 Å². The molecule has 1 N–H and O–H groups in total. The van der Waals surface area contributed by atoms with Crippen LogP contribution in [-0.2, 0) is 6.54 Å². The maximum atomic E-state index is 11.0. The number of rotatable bonds is 5. The van der Waals surface area contributed by atoms with Crippen LogP contribution in [0.25, 0.3) is 0 Å². The fourth-order valence-electron chi connectivity index (χ4n) is 2.40. The van der Waals surface area contributed by atoms with Gasteiger partial charge < -0.3 is 9.73 Å².